The molecule has 1 heterocycles. The standard InChI is InChI=1S/C10H24Si2/c1-6-10-11(2,3)8-7-9-12(10,4)5/h10H,6-9H2,1-5H3. The average molecular weight is 200 g/mol. The maximum absolute atomic E-state index is 2.62. The molecule has 72 valence electrons. The Morgan fingerprint density at radius 1 is 1.00 bits per heavy atom. The predicted molar refractivity (Wildman–Crippen MR) is 63.2 cm³/mol. The van der Waals surface area contributed by atoms with E-state index in [0.717, 1.165) is 0 Å². The van der Waals surface area contributed by atoms with Crippen molar-refractivity contribution < 1.29 is 0 Å². The van der Waals surface area contributed by atoms with Gasteiger partial charge in [0, 0.05) is 16.1 Å². The fourth-order valence-corrected chi connectivity index (χ4v) is 18.3. The molecule has 12 heavy (non-hydrogen) atoms. The predicted octanol–water partition coefficient (Wildman–Crippen LogP) is 4.13. The van der Waals surface area contributed by atoms with E-state index in [1.54, 1.807) is 18.5 Å². The van der Waals surface area contributed by atoms with Crippen molar-refractivity contribution in [2.24, 2.45) is 0 Å². The van der Waals surface area contributed by atoms with Crippen LogP contribution >= 0.6 is 0 Å². The summed E-state index contributed by atoms with van der Waals surface area (Å²) in [5, 5.41) is 1.19. The summed E-state index contributed by atoms with van der Waals surface area (Å²) in [5.41, 5.74) is 0. The minimum atomic E-state index is -0.794. The maximum atomic E-state index is 2.62. The van der Waals surface area contributed by atoms with Gasteiger partial charge in [-0.1, -0.05) is 58.0 Å². The summed E-state index contributed by atoms with van der Waals surface area (Å²) in [5.74, 6) is 0. The van der Waals surface area contributed by atoms with Crippen LogP contribution in [-0.2, 0) is 0 Å². The van der Waals surface area contributed by atoms with Crippen LogP contribution < -0.4 is 0 Å². The first-order valence-corrected chi connectivity index (χ1v) is 12.0. The molecule has 0 radical (unpaired) electrons. The Labute approximate surface area is 79.8 Å². The summed E-state index contributed by atoms with van der Waals surface area (Å²) in [6, 6.07) is 3.20. The van der Waals surface area contributed by atoms with Crippen molar-refractivity contribution in [3.8, 4) is 0 Å². The molecule has 0 aliphatic carbocycles. The number of rotatable bonds is 1. The highest BCUT2D eigenvalue weighted by Crippen LogP contribution is 2.45. The summed E-state index contributed by atoms with van der Waals surface area (Å²) in [4.78, 5) is 0. The van der Waals surface area contributed by atoms with Crippen molar-refractivity contribution in [3.63, 3.8) is 0 Å². The first-order valence-electron chi connectivity index (χ1n) is 5.40. The second kappa shape index (κ2) is 3.30. The van der Waals surface area contributed by atoms with Crippen molar-refractivity contribution in [2.75, 3.05) is 0 Å². The van der Waals surface area contributed by atoms with Gasteiger partial charge in [0.15, 0.2) is 0 Å². The Morgan fingerprint density at radius 2 is 1.42 bits per heavy atom. The highest BCUT2D eigenvalue weighted by atomic mass is 28.4. The third-order valence-electron chi connectivity index (χ3n) is 3.94. The molecule has 0 amide bonds. The Morgan fingerprint density at radius 3 is 1.67 bits per heavy atom. The van der Waals surface area contributed by atoms with Crippen LogP contribution in [0.25, 0.3) is 0 Å². The van der Waals surface area contributed by atoms with Gasteiger partial charge in [-0.3, -0.25) is 0 Å². The van der Waals surface area contributed by atoms with Crippen LogP contribution in [0.3, 0.4) is 0 Å². The summed E-state index contributed by atoms with van der Waals surface area (Å²) >= 11 is 0. The van der Waals surface area contributed by atoms with Gasteiger partial charge in [0.25, 0.3) is 0 Å². The smallest absolute Gasteiger partial charge is 0.0478 e. The lowest BCUT2D eigenvalue weighted by Gasteiger charge is -2.46. The van der Waals surface area contributed by atoms with Gasteiger partial charge in [-0.2, -0.15) is 0 Å². The third-order valence-corrected chi connectivity index (χ3v) is 16.5. The summed E-state index contributed by atoms with van der Waals surface area (Å²) in [6.07, 6.45) is 3.02. The van der Waals surface area contributed by atoms with Crippen LogP contribution in [0.1, 0.15) is 19.8 Å². The van der Waals surface area contributed by atoms with Gasteiger partial charge >= 0.3 is 0 Å². The molecule has 1 rings (SSSR count). The van der Waals surface area contributed by atoms with Crippen LogP contribution in [0.15, 0.2) is 0 Å². The van der Waals surface area contributed by atoms with Crippen LogP contribution in [0, 0.1) is 0 Å². The van der Waals surface area contributed by atoms with E-state index >= 15 is 0 Å². The lowest BCUT2D eigenvalue weighted by molar-refractivity contribution is 0.850. The van der Waals surface area contributed by atoms with E-state index in [0.29, 0.717) is 0 Å². The highest BCUT2D eigenvalue weighted by Gasteiger charge is 2.44. The largest absolute Gasteiger partial charge is 0.0694 e. The molecule has 2 heteroatoms. The first kappa shape index (κ1) is 10.5. The molecule has 0 aromatic heterocycles. The lowest BCUT2D eigenvalue weighted by atomic mass is 10.5. The zero-order valence-electron chi connectivity index (χ0n) is 9.41. The van der Waals surface area contributed by atoms with Crippen molar-refractivity contribution in [1.29, 1.82) is 0 Å². The van der Waals surface area contributed by atoms with Crippen LogP contribution in [0.4, 0.5) is 0 Å². The molecule has 0 saturated carbocycles. The molecule has 0 aromatic rings. The Balaban J connectivity index is 2.81. The van der Waals surface area contributed by atoms with Gasteiger partial charge in [0.2, 0.25) is 0 Å². The van der Waals surface area contributed by atoms with Gasteiger partial charge in [0.05, 0.1) is 0 Å². The quantitative estimate of drug-likeness (QED) is 0.559. The van der Waals surface area contributed by atoms with Crippen LogP contribution in [0.2, 0.25) is 43.4 Å². The lowest BCUT2D eigenvalue weighted by Crippen LogP contribution is -2.50. The van der Waals surface area contributed by atoms with E-state index in [1.807, 2.05) is 0 Å². The van der Waals surface area contributed by atoms with Gasteiger partial charge < -0.3 is 0 Å². The molecule has 1 fully saturated rings. The molecule has 0 bridgehead atoms. The molecule has 0 nitrogen and oxygen atoms in total. The average Bonchev–Trinajstić information content (AvgIpc) is 1.83. The van der Waals surface area contributed by atoms with Crippen LogP contribution in [0.5, 0.6) is 0 Å². The van der Waals surface area contributed by atoms with Gasteiger partial charge in [-0.25, -0.2) is 0 Å². The maximum Gasteiger partial charge on any atom is 0.0478 e. The molecule has 1 aliphatic heterocycles. The summed E-state index contributed by atoms with van der Waals surface area (Å²) in [7, 11) is -1.59. The monoisotopic (exact) mass is 200 g/mol. The zero-order chi connectivity index (χ0) is 9.41. The second-order valence-electron chi connectivity index (χ2n) is 5.79. The fraction of sp³-hybridized carbons (Fsp3) is 1.00. The number of hydrogen-bond donors (Lipinski definition) is 0. The minimum Gasteiger partial charge on any atom is -0.0694 e. The van der Waals surface area contributed by atoms with E-state index in [1.165, 1.54) is 11.6 Å². The topological polar surface area (TPSA) is 0 Å². The highest BCUT2D eigenvalue weighted by molar-refractivity contribution is 6.98. The van der Waals surface area contributed by atoms with E-state index in [2.05, 4.69) is 33.1 Å². The molecule has 0 aromatic carbocycles. The normalized spacial score (nSPS) is 28.8. The van der Waals surface area contributed by atoms with Crippen LogP contribution in [-0.4, -0.2) is 16.1 Å². The zero-order valence-corrected chi connectivity index (χ0v) is 11.4. The summed E-state index contributed by atoms with van der Waals surface area (Å²) < 4.78 is 0. The SMILES string of the molecule is CCC1[Si](C)(C)CCC[Si]1(C)C. The van der Waals surface area contributed by atoms with Crippen molar-refractivity contribution in [3.05, 3.63) is 0 Å². The molecule has 1 aliphatic rings. The summed E-state index contributed by atoms with van der Waals surface area (Å²) in [6.45, 7) is 12.9. The second-order valence-corrected chi connectivity index (χ2v) is 16.7. The molecule has 0 atom stereocenters. The van der Waals surface area contributed by atoms with E-state index in [-0.39, 0.29) is 0 Å². The minimum absolute atomic E-state index is 0.794. The van der Waals surface area contributed by atoms with Gasteiger partial charge in [0.1, 0.15) is 0 Å². The molecule has 1 saturated heterocycles. The number of hydrogen-bond acceptors (Lipinski definition) is 0. The van der Waals surface area contributed by atoms with Crippen molar-refractivity contribution >= 4 is 16.1 Å². The molecular weight excluding hydrogens is 176 g/mol. The molecule has 0 spiro atoms. The van der Waals surface area contributed by atoms with Gasteiger partial charge in [-0.05, 0) is 5.16 Å². The Hall–Kier alpha value is 0.434. The van der Waals surface area contributed by atoms with Crippen molar-refractivity contribution in [1.82, 2.24) is 0 Å². The third kappa shape index (κ3) is 1.85. The fourth-order valence-electron chi connectivity index (χ4n) is 3.51. The Bertz CT molecular complexity index is 145. The molecule has 0 N–H and O–H groups in total. The van der Waals surface area contributed by atoms with E-state index in [9.17, 15) is 0 Å². The Kier molecular flexibility index (Phi) is 2.89. The molecule has 0 unspecified atom stereocenters. The van der Waals surface area contributed by atoms with Gasteiger partial charge in [-0.15, -0.1) is 0 Å². The van der Waals surface area contributed by atoms with E-state index < -0.39 is 16.1 Å². The van der Waals surface area contributed by atoms with Crippen molar-refractivity contribution in [2.45, 2.75) is 63.2 Å². The molecular formula is C10H24Si2. The first-order chi connectivity index (χ1) is 5.40. The van der Waals surface area contributed by atoms with E-state index in [4.69, 9.17) is 0 Å².